The first-order valence-electron chi connectivity index (χ1n) is 9.37. The van der Waals surface area contributed by atoms with Crippen molar-refractivity contribution in [1.29, 1.82) is 0 Å². The van der Waals surface area contributed by atoms with Crippen LogP contribution in [-0.4, -0.2) is 29.5 Å². The largest absolute Gasteiger partial charge is 0.451 e. The van der Waals surface area contributed by atoms with Gasteiger partial charge in [0.05, 0.1) is 0 Å². The van der Waals surface area contributed by atoms with Gasteiger partial charge in [0, 0.05) is 29.3 Å². The Morgan fingerprint density at radius 3 is 2.21 bits per heavy atom. The van der Waals surface area contributed by atoms with Crippen LogP contribution in [0, 0.1) is 0 Å². The molecule has 0 spiro atoms. The zero-order valence-corrected chi connectivity index (χ0v) is 16.4. The van der Waals surface area contributed by atoms with Crippen LogP contribution < -0.4 is 10.2 Å². The third-order valence-electron chi connectivity index (χ3n) is 4.19. The lowest BCUT2D eigenvalue weighted by Crippen LogP contribution is -2.40. The maximum Gasteiger partial charge on any atom is 0.357 e. The van der Waals surface area contributed by atoms with Gasteiger partial charge in [-0.15, -0.1) is 0 Å². The first-order valence-corrected chi connectivity index (χ1v) is 9.37. The molecule has 0 saturated heterocycles. The lowest BCUT2D eigenvalue weighted by atomic mass is 10.2. The average molecular weight is 389 g/mol. The molecule has 0 radical (unpaired) electrons. The summed E-state index contributed by atoms with van der Waals surface area (Å²) in [7, 11) is 0. The summed E-state index contributed by atoms with van der Waals surface area (Å²) in [6.45, 7) is 3.47. The number of aromatic nitrogens is 1. The van der Waals surface area contributed by atoms with Crippen LogP contribution in [0.25, 0.3) is 0 Å². The number of benzene rings is 2. The number of carbonyl (C=O) groups is 2. The molecule has 29 heavy (non-hydrogen) atoms. The molecule has 6 heteroatoms. The molecule has 3 aromatic rings. The Morgan fingerprint density at radius 2 is 1.59 bits per heavy atom. The van der Waals surface area contributed by atoms with Gasteiger partial charge in [0.15, 0.2) is 6.61 Å². The second-order valence-corrected chi connectivity index (χ2v) is 6.69. The van der Waals surface area contributed by atoms with Crippen LogP contribution >= 0.6 is 0 Å². The third kappa shape index (κ3) is 5.42. The molecule has 0 atom stereocenters. The molecule has 148 valence electrons. The Balaban J connectivity index is 1.65. The molecule has 0 fully saturated rings. The predicted octanol–water partition coefficient (Wildman–Crippen LogP) is 4.42. The van der Waals surface area contributed by atoms with E-state index in [4.69, 9.17) is 4.74 Å². The normalized spacial score (nSPS) is 10.4. The highest BCUT2D eigenvalue weighted by atomic mass is 16.5. The van der Waals surface area contributed by atoms with E-state index in [0.717, 1.165) is 17.1 Å². The van der Waals surface area contributed by atoms with Crippen molar-refractivity contribution in [1.82, 2.24) is 4.98 Å². The van der Waals surface area contributed by atoms with Crippen LogP contribution in [0.5, 0.6) is 0 Å². The summed E-state index contributed by atoms with van der Waals surface area (Å²) >= 11 is 0. The van der Waals surface area contributed by atoms with E-state index in [1.165, 1.54) is 6.20 Å². The Hall–Kier alpha value is -3.67. The number of carbonyl (C=O) groups excluding carboxylic acids is 2. The van der Waals surface area contributed by atoms with E-state index in [-0.39, 0.29) is 24.2 Å². The van der Waals surface area contributed by atoms with Crippen LogP contribution in [0.2, 0.25) is 0 Å². The molecule has 0 aliphatic rings. The smallest absolute Gasteiger partial charge is 0.357 e. The molecule has 0 aliphatic carbocycles. The van der Waals surface area contributed by atoms with Gasteiger partial charge >= 0.3 is 5.97 Å². The summed E-state index contributed by atoms with van der Waals surface area (Å²) < 4.78 is 5.14. The van der Waals surface area contributed by atoms with Crippen molar-refractivity contribution in [2.24, 2.45) is 0 Å². The number of nitrogens with zero attached hydrogens (tertiary/aromatic N) is 2. The summed E-state index contributed by atoms with van der Waals surface area (Å²) in [6, 6.07) is 22.2. The highest BCUT2D eigenvalue weighted by molar-refractivity contribution is 5.97. The predicted molar refractivity (Wildman–Crippen MR) is 113 cm³/mol. The van der Waals surface area contributed by atoms with Crippen LogP contribution in [0.3, 0.4) is 0 Å². The van der Waals surface area contributed by atoms with Gasteiger partial charge in [0.25, 0.3) is 5.91 Å². The van der Waals surface area contributed by atoms with Crippen molar-refractivity contribution in [2.75, 3.05) is 16.8 Å². The van der Waals surface area contributed by atoms with Gasteiger partial charge in [0.2, 0.25) is 0 Å². The standard InChI is InChI=1S/C23H23N3O3/c1-17(2)26(22(27)16-29-23(28)21-10-6-7-15-24-21)20-13-11-19(12-14-20)25-18-8-4-3-5-9-18/h3-15,17,25H,16H2,1-2H3. The minimum atomic E-state index is -0.620. The number of pyridine rings is 1. The van der Waals surface area contributed by atoms with E-state index < -0.39 is 5.97 Å². The first kappa shape index (κ1) is 20.1. The fraction of sp³-hybridized carbons (Fsp3) is 0.174. The second kappa shape index (κ2) is 9.50. The molecule has 6 nitrogen and oxygen atoms in total. The highest BCUT2D eigenvalue weighted by Crippen LogP contribution is 2.23. The number of anilines is 3. The molecule has 1 N–H and O–H groups in total. The van der Waals surface area contributed by atoms with E-state index in [9.17, 15) is 9.59 Å². The summed E-state index contributed by atoms with van der Waals surface area (Å²) in [6.07, 6.45) is 1.50. The van der Waals surface area contributed by atoms with Crippen molar-refractivity contribution in [3.05, 3.63) is 84.7 Å². The Morgan fingerprint density at radius 1 is 0.931 bits per heavy atom. The fourth-order valence-corrected chi connectivity index (χ4v) is 2.88. The first-order chi connectivity index (χ1) is 14.0. The van der Waals surface area contributed by atoms with E-state index in [0.29, 0.717) is 0 Å². The molecular weight excluding hydrogens is 366 g/mol. The molecular formula is C23H23N3O3. The van der Waals surface area contributed by atoms with Crippen LogP contribution in [0.4, 0.5) is 17.1 Å². The Bertz CT molecular complexity index is 942. The lowest BCUT2D eigenvalue weighted by molar-refractivity contribution is -0.122. The molecule has 0 unspecified atom stereocenters. The number of rotatable bonds is 7. The Kier molecular flexibility index (Phi) is 6.58. The van der Waals surface area contributed by atoms with Gasteiger partial charge in [-0.3, -0.25) is 4.79 Å². The molecule has 0 bridgehead atoms. The minimum Gasteiger partial charge on any atom is -0.451 e. The molecule has 0 aliphatic heterocycles. The van der Waals surface area contributed by atoms with Gasteiger partial charge in [-0.25, -0.2) is 9.78 Å². The maximum absolute atomic E-state index is 12.7. The summed E-state index contributed by atoms with van der Waals surface area (Å²) in [5.41, 5.74) is 2.81. The van der Waals surface area contributed by atoms with Crippen molar-refractivity contribution >= 4 is 28.9 Å². The van der Waals surface area contributed by atoms with Crippen molar-refractivity contribution < 1.29 is 14.3 Å². The monoisotopic (exact) mass is 389 g/mol. The van der Waals surface area contributed by atoms with Crippen molar-refractivity contribution in [2.45, 2.75) is 19.9 Å². The van der Waals surface area contributed by atoms with Crippen molar-refractivity contribution in [3.63, 3.8) is 0 Å². The summed E-state index contributed by atoms with van der Waals surface area (Å²) in [4.78, 5) is 30.3. The topological polar surface area (TPSA) is 71.5 Å². The van der Waals surface area contributed by atoms with Gasteiger partial charge in [-0.1, -0.05) is 24.3 Å². The van der Waals surface area contributed by atoms with Gasteiger partial charge in [0.1, 0.15) is 5.69 Å². The molecule has 1 heterocycles. The van der Waals surface area contributed by atoms with Gasteiger partial charge in [-0.2, -0.15) is 0 Å². The number of amides is 1. The molecule has 2 aromatic carbocycles. The van der Waals surface area contributed by atoms with Crippen LogP contribution in [0.1, 0.15) is 24.3 Å². The maximum atomic E-state index is 12.7. The number of hydrogen-bond acceptors (Lipinski definition) is 5. The average Bonchev–Trinajstić information content (AvgIpc) is 2.74. The highest BCUT2D eigenvalue weighted by Gasteiger charge is 2.21. The van der Waals surface area contributed by atoms with Crippen LogP contribution in [0.15, 0.2) is 79.0 Å². The lowest BCUT2D eigenvalue weighted by Gasteiger charge is -2.27. The number of nitrogens with one attached hydrogen (secondary N) is 1. The number of ether oxygens (including phenoxy) is 1. The second-order valence-electron chi connectivity index (χ2n) is 6.69. The van der Waals surface area contributed by atoms with Crippen LogP contribution in [-0.2, 0) is 9.53 Å². The van der Waals surface area contributed by atoms with E-state index in [1.54, 1.807) is 23.1 Å². The quantitative estimate of drug-likeness (QED) is 0.606. The van der Waals surface area contributed by atoms with Gasteiger partial charge in [-0.05, 0) is 62.4 Å². The Labute approximate surface area is 170 Å². The zero-order valence-electron chi connectivity index (χ0n) is 16.4. The van der Waals surface area contributed by atoms with E-state index >= 15 is 0 Å². The van der Waals surface area contributed by atoms with E-state index in [1.807, 2.05) is 68.4 Å². The molecule has 0 saturated carbocycles. The molecule has 1 amide bonds. The summed E-state index contributed by atoms with van der Waals surface area (Å²) in [5.74, 6) is -0.918. The van der Waals surface area contributed by atoms with Crippen molar-refractivity contribution in [3.8, 4) is 0 Å². The third-order valence-corrected chi connectivity index (χ3v) is 4.19. The fourth-order valence-electron chi connectivity index (χ4n) is 2.88. The SMILES string of the molecule is CC(C)N(C(=O)COC(=O)c1ccccn1)c1ccc(Nc2ccccc2)cc1. The number of esters is 1. The molecule has 3 rings (SSSR count). The molecule has 1 aromatic heterocycles. The number of para-hydroxylation sites is 1. The summed E-state index contributed by atoms with van der Waals surface area (Å²) in [5, 5.41) is 3.31. The van der Waals surface area contributed by atoms with Gasteiger partial charge < -0.3 is 15.0 Å². The van der Waals surface area contributed by atoms with E-state index in [2.05, 4.69) is 10.3 Å². The zero-order chi connectivity index (χ0) is 20.6. The number of hydrogen-bond donors (Lipinski definition) is 1. The minimum absolute atomic E-state index is 0.0935.